The highest BCUT2D eigenvalue weighted by atomic mass is 16.5. The van der Waals surface area contributed by atoms with Gasteiger partial charge in [0.1, 0.15) is 0 Å². The lowest BCUT2D eigenvalue weighted by Gasteiger charge is -2.14. The van der Waals surface area contributed by atoms with Crippen LogP contribution >= 0.6 is 0 Å². The zero-order valence-electron chi connectivity index (χ0n) is 5.42. The molecule has 2 saturated heterocycles. The lowest BCUT2D eigenvalue weighted by molar-refractivity contribution is 0.147. The molecule has 0 aliphatic carbocycles. The van der Waals surface area contributed by atoms with Crippen molar-refractivity contribution < 1.29 is 4.74 Å². The van der Waals surface area contributed by atoms with Gasteiger partial charge in [0.25, 0.3) is 0 Å². The minimum absolute atomic E-state index is 0.532. The number of hydrogen-bond acceptors (Lipinski definition) is 3. The van der Waals surface area contributed by atoms with Crippen molar-refractivity contribution in [3.8, 4) is 0 Å². The Labute approximate surface area is 54.7 Å². The summed E-state index contributed by atoms with van der Waals surface area (Å²) >= 11 is 0. The minimum Gasteiger partial charge on any atom is -0.379 e. The number of hydrazine groups is 1. The van der Waals surface area contributed by atoms with E-state index in [1.807, 2.05) is 5.01 Å². The van der Waals surface area contributed by atoms with Crippen molar-refractivity contribution in [3.05, 3.63) is 0 Å². The van der Waals surface area contributed by atoms with Gasteiger partial charge in [0, 0.05) is 12.5 Å². The Hall–Kier alpha value is -0.120. The molecular weight excluding hydrogens is 116 g/mol. The first-order valence-electron chi connectivity index (χ1n) is 3.47. The van der Waals surface area contributed by atoms with E-state index in [2.05, 4.69) is 0 Å². The van der Waals surface area contributed by atoms with E-state index < -0.39 is 0 Å². The zero-order valence-corrected chi connectivity index (χ0v) is 5.42. The lowest BCUT2D eigenvalue weighted by atomic mass is 10.1. The fourth-order valence-electron chi connectivity index (χ4n) is 1.71. The monoisotopic (exact) mass is 128 g/mol. The maximum absolute atomic E-state index is 5.67. The van der Waals surface area contributed by atoms with Crippen LogP contribution in [-0.2, 0) is 4.74 Å². The molecule has 52 valence electrons. The molecule has 3 nitrogen and oxygen atoms in total. The Morgan fingerprint density at radius 1 is 1.44 bits per heavy atom. The molecule has 0 aromatic carbocycles. The summed E-state index contributed by atoms with van der Waals surface area (Å²) in [4.78, 5) is 0. The van der Waals surface area contributed by atoms with Crippen molar-refractivity contribution in [1.29, 1.82) is 0 Å². The van der Waals surface area contributed by atoms with Gasteiger partial charge in [-0.2, -0.15) is 0 Å². The molecule has 2 N–H and O–H groups in total. The van der Waals surface area contributed by atoms with Gasteiger partial charge in [-0.1, -0.05) is 0 Å². The maximum Gasteiger partial charge on any atom is 0.0639 e. The second-order valence-electron chi connectivity index (χ2n) is 2.89. The molecule has 0 amide bonds. The van der Waals surface area contributed by atoms with Crippen LogP contribution < -0.4 is 5.84 Å². The van der Waals surface area contributed by atoms with E-state index in [1.165, 1.54) is 6.42 Å². The lowest BCUT2D eigenvalue weighted by Crippen LogP contribution is -2.38. The summed E-state index contributed by atoms with van der Waals surface area (Å²) in [7, 11) is 0. The topological polar surface area (TPSA) is 38.5 Å². The average Bonchev–Trinajstić information content (AvgIpc) is 2.35. The average molecular weight is 128 g/mol. The summed E-state index contributed by atoms with van der Waals surface area (Å²) in [6.07, 6.45) is 1.22. The third kappa shape index (κ3) is 0.764. The van der Waals surface area contributed by atoms with Crippen molar-refractivity contribution >= 4 is 0 Å². The Kier molecular flexibility index (Phi) is 1.22. The van der Waals surface area contributed by atoms with Crippen LogP contribution in [-0.4, -0.2) is 30.8 Å². The number of fused-ring (bicyclic) bond motifs is 1. The second-order valence-corrected chi connectivity index (χ2v) is 2.89. The number of nitrogens with zero attached hydrogens (tertiary/aromatic N) is 1. The molecule has 2 rings (SSSR count). The molecule has 0 radical (unpaired) electrons. The molecule has 2 fully saturated rings. The van der Waals surface area contributed by atoms with Gasteiger partial charge in [-0.15, -0.1) is 0 Å². The highest BCUT2D eigenvalue weighted by molar-refractivity contribution is 4.87. The highest BCUT2D eigenvalue weighted by Gasteiger charge is 2.36. The van der Waals surface area contributed by atoms with E-state index in [9.17, 15) is 0 Å². The van der Waals surface area contributed by atoms with Gasteiger partial charge in [0.2, 0.25) is 0 Å². The van der Waals surface area contributed by atoms with E-state index in [0.717, 1.165) is 25.7 Å². The Balaban J connectivity index is 2.07. The van der Waals surface area contributed by atoms with E-state index in [1.54, 1.807) is 0 Å². The molecule has 0 spiro atoms. The van der Waals surface area contributed by atoms with Gasteiger partial charge < -0.3 is 4.74 Å². The first-order valence-corrected chi connectivity index (χ1v) is 3.47. The molecule has 9 heavy (non-hydrogen) atoms. The maximum atomic E-state index is 5.67. The van der Waals surface area contributed by atoms with E-state index in [4.69, 9.17) is 10.6 Å². The molecule has 0 aromatic rings. The van der Waals surface area contributed by atoms with Crippen molar-refractivity contribution in [1.82, 2.24) is 5.01 Å². The van der Waals surface area contributed by atoms with Crippen molar-refractivity contribution in [2.75, 3.05) is 19.8 Å². The van der Waals surface area contributed by atoms with Crippen LogP contribution in [0.5, 0.6) is 0 Å². The molecule has 2 atom stereocenters. The molecular formula is C6H12N2O. The van der Waals surface area contributed by atoms with Gasteiger partial charge in [0.05, 0.1) is 19.3 Å². The molecule has 0 bridgehead atoms. The van der Waals surface area contributed by atoms with Gasteiger partial charge in [-0.3, -0.25) is 5.84 Å². The third-order valence-electron chi connectivity index (χ3n) is 2.35. The minimum atomic E-state index is 0.532. The summed E-state index contributed by atoms with van der Waals surface area (Å²) in [5.41, 5.74) is 0. The molecule has 3 heteroatoms. The van der Waals surface area contributed by atoms with Crippen LogP contribution in [0.3, 0.4) is 0 Å². The fourth-order valence-corrected chi connectivity index (χ4v) is 1.71. The van der Waals surface area contributed by atoms with Gasteiger partial charge >= 0.3 is 0 Å². The largest absolute Gasteiger partial charge is 0.379 e. The summed E-state index contributed by atoms with van der Waals surface area (Å²) in [6.45, 7) is 2.83. The molecule has 2 unspecified atom stereocenters. The van der Waals surface area contributed by atoms with Gasteiger partial charge in [-0.25, -0.2) is 5.01 Å². The smallest absolute Gasteiger partial charge is 0.0639 e. The van der Waals surface area contributed by atoms with Crippen LogP contribution in [0.1, 0.15) is 6.42 Å². The summed E-state index contributed by atoms with van der Waals surface area (Å²) in [5, 5.41) is 1.91. The number of nitrogens with two attached hydrogens (primary N) is 1. The third-order valence-corrected chi connectivity index (χ3v) is 2.35. The quantitative estimate of drug-likeness (QED) is 0.450. The number of hydrogen-bond donors (Lipinski definition) is 1. The van der Waals surface area contributed by atoms with Crippen LogP contribution in [0.25, 0.3) is 0 Å². The summed E-state index contributed by atoms with van der Waals surface area (Å²) in [5.74, 6) is 6.40. The normalized spacial score (nSPS) is 43.7. The van der Waals surface area contributed by atoms with Crippen LogP contribution in [0, 0.1) is 5.92 Å². The zero-order chi connectivity index (χ0) is 6.27. The molecule has 0 aromatic heterocycles. The first kappa shape index (κ1) is 5.65. The van der Waals surface area contributed by atoms with Crippen molar-refractivity contribution in [2.45, 2.75) is 12.5 Å². The first-order chi connectivity index (χ1) is 4.38. The van der Waals surface area contributed by atoms with E-state index in [0.29, 0.717) is 6.04 Å². The van der Waals surface area contributed by atoms with Crippen molar-refractivity contribution in [3.63, 3.8) is 0 Å². The molecule has 0 saturated carbocycles. The summed E-state index contributed by atoms with van der Waals surface area (Å²) < 4.78 is 5.26. The molecule has 2 aliphatic heterocycles. The standard InChI is InChI=1S/C6H12N2O/c7-8-2-1-5-3-9-4-6(5)8/h5-6H,1-4,7H2. The SMILES string of the molecule is NN1CCC2COCC21. The van der Waals surface area contributed by atoms with Crippen LogP contribution in [0.15, 0.2) is 0 Å². The van der Waals surface area contributed by atoms with Gasteiger partial charge in [-0.05, 0) is 6.42 Å². The van der Waals surface area contributed by atoms with Crippen molar-refractivity contribution in [2.24, 2.45) is 11.8 Å². The van der Waals surface area contributed by atoms with Crippen LogP contribution in [0.2, 0.25) is 0 Å². The van der Waals surface area contributed by atoms with Crippen LogP contribution in [0.4, 0.5) is 0 Å². The number of rotatable bonds is 0. The molecule has 2 heterocycles. The summed E-state index contributed by atoms with van der Waals surface area (Å²) in [6, 6.07) is 0.532. The van der Waals surface area contributed by atoms with Gasteiger partial charge in [0.15, 0.2) is 0 Å². The molecule has 2 aliphatic rings. The Morgan fingerprint density at radius 3 is 3.11 bits per heavy atom. The highest BCUT2D eigenvalue weighted by Crippen LogP contribution is 2.26. The fraction of sp³-hybridized carbons (Fsp3) is 1.00. The predicted octanol–water partition coefficient (Wildman–Crippen LogP) is -0.419. The number of ether oxygens (including phenoxy) is 1. The predicted molar refractivity (Wildman–Crippen MR) is 33.6 cm³/mol. The Bertz CT molecular complexity index is 118. The van der Waals surface area contributed by atoms with E-state index in [-0.39, 0.29) is 0 Å². The van der Waals surface area contributed by atoms with E-state index >= 15 is 0 Å². The Morgan fingerprint density at radius 2 is 2.33 bits per heavy atom. The second kappa shape index (κ2) is 1.94.